The molecule has 2 rings (SSSR count). The van der Waals surface area contributed by atoms with Crippen LogP contribution in [0.3, 0.4) is 0 Å². The molecule has 0 N–H and O–H groups in total. The first-order chi connectivity index (χ1) is 8.17. The summed E-state index contributed by atoms with van der Waals surface area (Å²) in [7, 11) is 1.38. The number of nitrogens with zero attached hydrogens (tertiary/aromatic N) is 2. The van der Waals surface area contributed by atoms with Crippen LogP contribution in [0.15, 0.2) is 22.8 Å². The van der Waals surface area contributed by atoms with Crippen molar-refractivity contribution in [3.05, 3.63) is 28.4 Å². The van der Waals surface area contributed by atoms with Gasteiger partial charge in [-0.2, -0.15) is 5.10 Å². The number of rotatable bonds is 3. The van der Waals surface area contributed by atoms with Gasteiger partial charge in [0.15, 0.2) is 0 Å². The van der Waals surface area contributed by atoms with Crippen LogP contribution in [-0.2, 0) is 11.3 Å². The Morgan fingerprint density at radius 1 is 1.53 bits per heavy atom. The maximum Gasteiger partial charge on any atom is 0.339 e. The van der Waals surface area contributed by atoms with Crippen molar-refractivity contribution in [3.8, 4) is 0 Å². The van der Waals surface area contributed by atoms with E-state index in [1.807, 2.05) is 23.0 Å². The zero-order chi connectivity index (χ0) is 12.4. The van der Waals surface area contributed by atoms with Crippen molar-refractivity contribution in [2.75, 3.05) is 7.11 Å². The number of benzene rings is 1. The summed E-state index contributed by atoms with van der Waals surface area (Å²) in [5.74, 6) is -0.349. The number of methoxy groups -OCH3 is 1. The van der Waals surface area contributed by atoms with Crippen molar-refractivity contribution in [2.45, 2.75) is 19.9 Å². The average molecular weight is 297 g/mol. The number of aryl methyl sites for hydroxylation is 1. The summed E-state index contributed by atoms with van der Waals surface area (Å²) >= 11 is 3.37. The lowest BCUT2D eigenvalue weighted by Gasteiger charge is -2.02. The van der Waals surface area contributed by atoms with E-state index in [2.05, 4.69) is 28.0 Å². The van der Waals surface area contributed by atoms with Crippen LogP contribution in [0.4, 0.5) is 0 Å². The Hall–Kier alpha value is -1.36. The molecule has 5 heteroatoms. The first kappa shape index (κ1) is 12.1. The topological polar surface area (TPSA) is 44.1 Å². The van der Waals surface area contributed by atoms with Gasteiger partial charge < -0.3 is 4.74 Å². The van der Waals surface area contributed by atoms with Gasteiger partial charge in [0.1, 0.15) is 0 Å². The van der Waals surface area contributed by atoms with E-state index in [0.29, 0.717) is 5.56 Å². The lowest BCUT2D eigenvalue weighted by molar-refractivity contribution is 0.0602. The minimum Gasteiger partial charge on any atom is -0.465 e. The maximum absolute atomic E-state index is 11.7. The lowest BCUT2D eigenvalue weighted by atomic mass is 10.1. The summed E-state index contributed by atoms with van der Waals surface area (Å²) in [6, 6.07) is 3.70. The smallest absolute Gasteiger partial charge is 0.339 e. The van der Waals surface area contributed by atoms with Gasteiger partial charge in [0.05, 0.1) is 18.2 Å². The van der Waals surface area contributed by atoms with E-state index in [1.165, 1.54) is 7.11 Å². The summed E-state index contributed by atoms with van der Waals surface area (Å²) in [4.78, 5) is 11.7. The molecule has 0 saturated carbocycles. The molecule has 4 nitrogen and oxygen atoms in total. The van der Waals surface area contributed by atoms with Crippen molar-refractivity contribution in [3.63, 3.8) is 0 Å². The van der Waals surface area contributed by atoms with Crippen LogP contribution in [0.1, 0.15) is 23.7 Å². The molecule has 90 valence electrons. The maximum atomic E-state index is 11.7. The Labute approximate surface area is 108 Å². The average Bonchev–Trinajstić information content (AvgIpc) is 2.71. The molecule has 0 atom stereocenters. The summed E-state index contributed by atoms with van der Waals surface area (Å²) in [6.07, 6.45) is 2.89. The molecule has 1 aromatic heterocycles. The van der Waals surface area contributed by atoms with Gasteiger partial charge in [-0.25, -0.2) is 4.79 Å². The van der Waals surface area contributed by atoms with E-state index in [9.17, 15) is 4.79 Å². The largest absolute Gasteiger partial charge is 0.465 e. The summed E-state index contributed by atoms with van der Waals surface area (Å²) in [6.45, 7) is 2.93. The monoisotopic (exact) mass is 296 g/mol. The third-order valence-electron chi connectivity index (χ3n) is 2.53. The summed E-state index contributed by atoms with van der Waals surface area (Å²) < 4.78 is 7.37. The van der Waals surface area contributed by atoms with Gasteiger partial charge in [-0.15, -0.1) is 0 Å². The molecule has 17 heavy (non-hydrogen) atoms. The summed E-state index contributed by atoms with van der Waals surface area (Å²) in [5.41, 5.74) is 1.34. The van der Waals surface area contributed by atoms with E-state index >= 15 is 0 Å². The number of hydrogen-bond acceptors (Lipinski definition) is 3. The second-order valence-corrected chi connectivity index (χ2v) is 4.59. The van der Waals surface area contributed by atoms with Gasteiger partial charge in [0.25, 0.3) is 0 Å². The highest BCUT2D eigenvalue weighted by Gasteiger charge is 2.16. The Morgan fingerprint density at radius 2 is 2.29 bits per heavy atom. The molecule has 0 aliphatic heterocycles. The molecule has 0 unspecified atom stereocenters. The number of ether oxygens (including phenoxy) is 1. The van der Waals surface area contributed by atoms with E-state index in [1.54, 1.807) is 0 Å². The molecule has 0 amide bonds. The van der Waals surface area contributed by atoms with E-state index < -0.39 is 0 Å². The van der Waals surface area contributed by atoms with Crippen molar-refractivity contribution in [2.24, 2.45) is 0 Å². The molecule has 0 aliphatic carbocycles. The molecular formula is C12H13BrN2O2. The zero-order valence-electron chi connectivity index (χ0n) is 9.74. The molecule has 0 bridgehead atoms. The fourth-order valence-electron chi connectivity index (χ4n) is 1.77. The number of halogens is 1. The van der Waals surface area contributed by atoms with E-state index in [-0.39, 0.29) is 5.97 Å². The van der Waals surface area contributed by atoms with Crippen LogP contribution < -0.4 is 0 Å². The highest BCUT2D eigenvalue weighted by Crippen LogP contribution is 2.26. The van der Waals surface area contributed by atoms with Gasteiger partial charge in [-0.3, -0.25) is 4.68 Å². The Kier molecular flexibility index (Phi) is 3.47. The Balaban J connectivity index is 2.63. The van der Waals surface area contributed by atoms with Gasteiger partial charge in [-0.1, -0.05) is 6.92 Å². The first-order valence-electron chi connectivity index (χ1n) is 5.41. The van der Waals surface area contributed by atoms with Crippen LogP contribution in [0.5, 0.6) is 0 Å². The summed E-state index contributed by atoms with van der Waals surface area (Å²) in [5, 5.41) is 5.23. The van der Waals surface area contributed by atoms with E-state index in [4.69, 9.17) is 4.74 Å². The van der Waals surface area contributed by atoms with Gasteiger partial charge in [-0.05, 0) is 34.5 Å². The van der Waals surface area contributed by atoms with Crippen LogP contribution in [0.2, 0.25) is 0 Å². The first-order valence-corrected chi connectivity index (χ1v) is 6.20. The second-order valence-electron chi connectivity index (χ2n) is 3.74. The van der Waals surface area contributed by atoms with E-state index in [0.717, 1.165) is 28.3 Å². The van der Waals surface area contributed by atoms with Crippen molar-refractivity contribution < 1.29 is 9.53 Å². The van der Waals surface area contributed by atoms with Crippen molar-refractivity contribution in [1.82, 2.24) is 9.78 Å². The minimum atomic E-state index is -0.349. The SMILES string of the molecule is CCCn1cc2c(C(=O)OC)c(Br)ccc2n1. The van der Waals surface area contributed by atoms with Gasteiger partial charge in [0, 0.05) is 22.6 Å². The number of esters is 1. The van der Waals surface area contributed by atoms with Gasteiger partial charge >= 0.3 is 5.97 Å². The molecule has 2 aromatic rings. The lowest BCUT2D eigenvalue weighted by Crippen LogP contribution is -2.02. The Morgan fingerprint density at radius 3 is 2.94 bits per heavy atom. The van der Waals surface area contributed by atoms with Crippen molar-refractivity contribution >= 4 is 32.8 Å². The van der Waals surface area contributed by atoms with Crippen molar-refractivity contribution in [1.29, 1.82) is 0 Å². The number of fused-ring (bicyclic) bond motifs is 1. The highest BCUT2D eigenvalue weighted by atomic mass is 79.9. The molecule has 0 fully saturated rings. The molecular weight excluding hydrogens is 284 g/mol. The van der Waals surface area contributed by atoms with Gasteiger partial charge in [0.2, 0.25) is 0 Å². The Bertz CT molecular complexity index is 563. The number of carbonyl (C=O) groups is 1. The van der Waals surface area contributed by atoms with Crippen LogP contribution in [0, 0.1) is 0 Å². The quantitative estimate of drug-likeness (QED) is 0.818. The van der Waals surface area contributed by atoms with Crippen LogP contribution in [-0.4, -0.2) is 22.9 Å². The minimum absolute atomic E-state index is 0.349. The normalized spacial score (nSPS) is 10.8. The standard InChI is InChI=1S/C12H13BrN2O2/c1-3-6-15-7-8-10(14-15)5-4-9(13)11(8)12(16)17-2/h4-5,7H,3,6H2,1-2H3. The molecule has 0 spiro atoms. The third-order valence-corrected chi connectivity index (χ3v) is 3.19. The number of hydrogen-bond donors (Lipinski definition) is 0. The van der Waals surface area contributed by atoms with Crippen LogP contribution in [0.25, 0.3) is 10.9 Å². The fraction of sp³-hybridized carbons (Fsp3) is 0.333. The molecule has 0 saturated heterocycles. The predicted octanol–water partition coefficient (Wildman–Crippen LogP) is 3.00. The zero-order valence-corrected chi connectivity index (χ0v) is 11.3. The molecule has 1 heterocycles. The number of carbonyl (C=O) groups excluding carboxylic acids is 1. The number of aromatic nitrogens is 2. The second kappa shape index (κ2) is 4.87. The predicted molar refractivity (Wildman–Crippen MR) is 69.1 cm³/mol. The highest BCUT2D eigenvalue weighted by molar-refractivity contribution is 9.10. The molecule has 0 radical (unpaired) electrons. The van der Waals surface area contributed by atoms with Crippen LogP contribution >= 0.6 is 15.9 Å². The fourth-order valence-corrected chi connectivity index (χ4v) is 2.28. The molecule has 0 aliphatic rings. The third kappa shape index (κ3) is 2.20. The molecule has 1 aromatic carbocycles.